The van der Waals surface area contributed by atoms with Gasteiger partial charge in [-0.2, -0.15) is 0 Å². The maximum absolute atomic E-state index is 12.7. The van der Waals surface area contributed by atoms with Gasteiger partial charge in [-0.15, -0.1) is 0 Å². The Morgan fingerprint density at radius 2 is 2.04 bits per heavy atom. The first-order valence-corrected chi connectivity index (χ1v) is 8.50. The monoisotopic (exact) mass is 327 g/mol. The SMILES string of the molecule is CO[C@H]1CCC[C@@H]2C1=C(C(=O)OCc1ccccc1)N1C(=O)C[C@@H]21. The van der Waals surface area contributed by atoms with E-state index in [0.717, 1.165) is 30.4 Å². The lowest BCUT2D eigenvalue weighted by atomic mass is 9.77. The molecular formula is C19H21NO4. The molecule has 1 aliphatic carbocycles. The van der Waals surface area contributed by atoms with Gasteiger partial charge in [0.1, 0.15) is 12.3 Å². The van der Waals surface area contributed by atoms with E-state index in [0.29, 0.717) is 12.1 Å². The summed E-state index contributed by atoms with van der Waals surface area (Å²) in [4.78, 5) is 26.5. The zero-order valence-electron chi connectivity index (χ0n) is 13.7. The van der Waals surface area contributed by atoms with Crippen molar-refractivity contribution >= 4 is 11.9 Å². The maximum atomic E-state index is 12.7. The molecule has 0 radical (unpaired) electrons. The number of rotatable bonds is 4. The van der Waals surface area contributed by atoms with Gasteiger partial charge in [-0.3, -0.25) is 4.79 Å². The second-order valence-corrected chi connectivity index (χ2v) is 6.66. The van der Waals surface area contributed by atoms with Gasteiger partial charge in [0.2, 0.25) is 5.91 Å². The van der Waals surface area contributed by atoms with Gasteiger partial charge >= 0.3 is 5.97 Å². The highest BCUT2D eigenvalue weighted by atomic mass is 16.5. The second kappa shape index (κ2) is 6.06. The van der Waals surface area contributed by atoms with E-state index in [9.17, 15) is 9.59 Å². The Bertz CT molecular complexity index is 697. The van der Waals surface area contributed by atoms with Crippen molar-refractivity contribution in [3.8, 4) is 0 Å². The van der Waals surface area contributed by atoms with Gasteiger partial charge in [0.25, 0.3) is 0 Å². The Hall–Kier alpha value is -2.14. The summed E-state index contributed by atoms with van der Waals surface area (Å²) < 4.78 is 11.1. The molecule has 3 aliphatic rings. The van der Waals surface area contributed by atoms with E-state index >= 15 is 0 Å². The van der Waals surface area contributed by atoms with Crippen molar-refractivity contribution in [1.82, 2.24) is 4.90 Å². The summed E-state index contributed by atoms with van der Waals surface area (Å²) in [6.07, 6.45) is 3.42. The second-order valence-electron chi connectivity index (χ2n) is 6.66. The third-order valence-corrected chi connectivity index (χ3v) is 5.38. The smallest absolute Gasteiger partial charge is 0.355 e. The molecule has 24 heavy (non-hydrogen) atoms. The number of fused-ring (bicyclic) bond motifs is 3. The molecule has 1 aromatic rings. The van der Waals surface area contributed by atoms with Crippen molar-refractivity contribution in [1.29, 1.82) is 0 Å². The normalized spacial score (nSPS) is 28.3. The number of amides is 1. The first-order chi connectivity index (χ1) is 11.7. The first-order valence-electron chi connectivity index (χ1n) is 8.50. The van der Waals surface area contributed by atoms with Crippen LogP contribution in [0.2, 0.25) is 0 Å². The van der Waals surface area contributed by atoms with Gasteiger partial charge in [0, 0.05) is 19.4 Å². The zero-order chi connectivity index (χ0) is 16.7. The van der Waals surface area contributed by atoms with Gasteiger partial charge in [0.05, 0.1) is 12.1 Å². The molecule has 1 saturated heterocycles. The summed E-state index contributed by atoms with van der Waals surface area (Å²) in [5, 5.41) is 0. The fraction of sp³-hybridized carbons (Fsp3) is 0.474. The van der Waals surface area contributed by atoms with E-state index < -0.39 is 5.97 Å². The lowest BCUT2D eigenvalue weighted by Crippen LogP contribution is -2.52. The Balaban J connectivity index is 1.60. The highest BCUT2D eigenvalue weighted by molar-refractivity contribution is 5.99. The third-order valence-electron chi connectivity index (χ3n) is 5.38. The van der Waals surface area contributed by atoms with E-state index in [1.807, 2.05) is 30.3 Å². The van der Waals surface area contributed by atoms with Gasteiger partial charge in [0.15, 0.2) is 0 Å². The van der Waals surface area contributed by atoms with E-state index in [2.05, 4.69) is 0 Å². The number of esters is 1. The predicted octanol–water partition coefficient (Wildman–Crippen LogP) is 2.41. The number of ether oxygens (including phenoxy) is 2. The Kier molecular flexibility index (Phi) is 3.88. The quantitative estimate of drug-likeness (QED) is 0.629. The van der Waals surface area contributed by atoms with Crippen LogP contribution < -0.4 is 0 Å². The minimum atomic E-state index is -0.404. The molecule has 5 nitrogen and oxygen atoms in total. The summed E-state index contributed by atoms with van der Waals surface area (Å²) in [7, 11) is 1.67. The van der Waals surface area contributed by atoms with Crippen LogP contribution in [0.15, 0.2) is 41.6 Å². The minimum absolute atomic E-state index is 0.0171. The van der Waals surface area contributed by atoms with Crippen LogP contribution in [-0.2, 0) is 25.7 Å². The standard InChI is InChI=1S/C19H21NO4/c1-23-15-9-5-8-13-14-10-16(21)20(14)18(17(13)15)19(22)24-11-12-6-3-2-4-7-12/h2-4,6-7,13-15H,5,8-11H2,1H3/t13-,14-,15-/m0/s1. The number of nitrogens with zero attached hydrogens (tertiary/aromatic N) is 1. The molecule has 2 fully saturated rings. The molecule has 0 bridgehead atoms. The lowest BCUT2D eigenvalue weighted by Gasteiger charge is -2.39. The minimum Gasteiger partial charge on any atom is -0.456 e. The van der Waals surface area contributed by atoms with Crippen molar-refractivity contribution in [3.63, 3.8) is 0 Å². The van der Waals surface area contributed by atoms with Crippen molar-refractivity contribution in [2.24, 2.45) is 5.92 Å². The summed E-state index contributed by atoms with van der Waals surface area (Å²) in [6.45, 7) is 0.214. The van der Waals surface area contributed by atoms with Gasteiger partial charge in [-0.05, 0) is 30.4 Å². The molecule has 0 spiro atoms. The molecule has 5 heteroatoms. The Labute approximate surface area is 141 Å². The van der Waals surface area contributed by atoms with Gasteiger partial charge in [-0.1, -0.05) is 30.3 Å². The number of hydrogen-bond acceptors (Lipinski definition) is 4. The Morgan fingerprint density at radius 3 is 2.75 bits per heavy atom. The van der Waals surface area contributed by atoms with Crippen LogP contribution in [-0.4, -0.2) is 36.0 Å². The van der Waals surface area contributed by atoms with Crippen molar-refractivity contribution in [3.05, 3.63) is 47.2 Å². The summed E-state index contributed by atoms with van der Waals surface area (Å²) in [5.41, 5.74) is 2.37. The average molecular weight is 327 g/mol. The number of methoxy groups -OCH3 is 1. The third kappa shape index (κ3) is 2.35. The first kappa shape index (κ1) is 15.4. The van der Waals surface area contributed by atoms with Crippen molar-refractivity contribution in [2.45, 2.75) is 44.4 Å². The molecule has 2 heterocycles. The molecule has 4 rings (SSSR count). The highest BCUT2D eigenvalue weighted by Gasteiger charge is 2.55. The van der Waals surface area contributed by atoms with E-state index in [1.165, 1.54) is 0 Å². The van der Waals surface area contributed by atoms with Crippen LogP contribution in [0.5, 0.6) is 0 Å². The molecule has 2 aliphatic heterocycles. The highest BCUT2D eigenvalue weighted by Crippen LogP contribution is 2.49. The average Bonchev–Trinajstić information content (AvgIpc) is 2.89. The molecule has 0 unspecified atom stereocenters. The fourth-order valence-corrected chi connectivity index (χ4v) is 4.25. The summed E-state index contributed by atoms with van der Waals surface area (Å²) in [6, 6.07) is 9.70. The zero-order valence-corrected chi connectivity index (χ0v) is 13.7. The number of β-lactam (4-membered cyclic amide) rings is 1. The van der Waals surface area contributed by atoms with E-state index in [1.54, 1.807) is 12.0 Å². The van der Waals surface area contributed by atoms with Gasteiger partial charge < -0.3 is 14.4 Å². The molecule has 0 N–H and O–H groups in total. The van der Waals surface area contributed by atoms with Crippen LogP contribution in [0.25, 0.3) is 0 Å². The number of hydrogen-bond donors (Lipinski definition) is 0. The molecule has 3 atom stereocenters. The summed E-state index contributed by atoms with van der Waals surface area (Å²) in [5.74, 6) is -0.137. The molecule has 0 aromatic heterocycles. The molecule has 1 aromatic carbocycles. The van der Waals surface area contributed by atoms with Crippen LogP contribution in [0.4, 0.5) is 0 Å². The number of carbonyl (C=O) groups excluding carboxylic acids is 2. The molecule has 1 amide bonds. The largest absolute Gasteiger partial charge is 0.456 e. The van der Waals surface area contributed by atoms with Crippen LogP contribution in [0.1, 0.15) is 31.2 Å². The topological polar surface area (TPSA) is 55.8 Å². The summed E-state index contributed by atoms with van der Waals surface area (Å²) >= 11 is 0. The molecule has 1 saturated carbocycles. The van der Waals surface area contributed by atoms with Gasteiger partial charge in [-0.25, -0.2) is 4.79 Å². The fourth-order valence-electron chi connectivity index (χ4n) is 4.25. The van der Waals surface area contributed by atoms with Crippen LogP contribution in [0, 0.1) is 5.92 Å². The Morgan fingerprint density at radius 1 is 1.25 bits per heavy atom. The number of carbonyl (C=O) groups is 2. The maximum Gasteiger partial charge on any atom is 0.355 e. The van der Waals surface area contributed by atoms with Crippen molar-refractivity contribution < 1.29 is 19.1 Å². The van der Waals surface area contributed by atoms with Crippen LogP contribution >= 0.6 is 0 Å². The molecular weight excluding hydrogens is 306 g/mol. The predicted molar refractivity (Wildman–Crippen MR) is 86.7 cm³/mol. The van der Waals surface area contributed by atoms with E-state index in [4.69, 9.17) is 9.47 Å². The number of benzene rings is 1. The molecule has 126 valence electrons. The van der Waals surface area contributed by atoms with E-state index in [-0.39, 0.29) is 30.6 Å². The lowest BCUT2D eigenvalue weighted by molar-refractivity contribution is -0.151. The van der Waals surface area contributed by atoms with Crippen molar-refractivity contribution in [2.75, 3.05) is 7.11 Å². The van der Waals surface area contributed by atoms with Crippen LogP contribution in [0.3, 0.4) is 0 Å².